The summed E-state index contributed by atoms with van der Waals surface area (Å²) in [5, 5.41) is 7.85. The van der Waals surface area contributed by atoms with Crippen molar-refractivity contribution in [2.45, 2.75) is 33.4 Å². The van der Waals surface area contributed by atoms with Crippen LogP contribution in [0.2, 0.25) is 0 Å². The molecule has 0 unspecified atom stereocenters. The van der Waals surface area contributed by atoms with Crippen LogP contribution in [0.5, 0.6) is 5.75 Å². The van der Waals surface area contributed by atoms with Crippen LogP contribution in [0.1, 0.15) is 26.0 Å². The number of rotatable bonds is 7. The standard InChI is InChI=1S/C15H21N3O/c1-3-10-18-11-9-14(17-18)12-16-13-5-7-15(8-6-13)19-4-2/h5-9,11,16H,3-4,10,12H2,1-2H3. The van der Waals surface area contributed by atoms with Crippen LogP contribution in [-0.4, -0.2) is 16.4 Å². The van der Waals surface area contributed by atoms with Crippen molar-refractivity contribution in [2.24, 2.45) is 0 Å². The highest BCUT2D eigenvalue weighted by atomic mass is 16.5. The van der Waals surface area contributed by atoms with E-state index in [2.05, 4.69) is 23.4 Å². The summed E-state index contributed by atoms with van der Waals surface area (Å²) in [5.74, 6) is 0.903. The fraction of sp³-hybridized carbons (Fsp3) is 0.400. The molecular formula is C15H21N3O. The molecule has 0 aliphatic rings. The van der Waals surface area contributed by atoms with Gasteiger partial charge in [0.25, 0.3) is 0 Å². The van der Waals surface area contributed by atoms with Crippen molar-refractivity contribution in [3.63, 3.8) is 0 Å². The molecule has 0 amide bonds. The summed E-state index contributed by atoms with van der Waals surface area (Å²) in [4.78, 5) is 0. The summed E-state index contributed by atoms with van der Waals surface area (Å²) in [6, 6.07) is 10.0. The van der Waals surface area contributed by atoms with Crippen molar-refractivity contribution in [2.75, 3.05) is 11.9 Å². The summed E-state index contributed by atoms with van der Waals surface area (Å²) in [6.07, 6.45) is 3.13. The quantitative estimate of drug-likeness (QED) is 0.829. The van der Waals surface area contributed by atoms with Crippen LogP contribution in [0, 0.1) is 0 Å². The van der Waals surface area contributed by atoms with Crippen LogP contribution in [0.3, 0.4) is 0 Å². The molecule has 0 saturated carbocycles. The van der Waals surface area contributed by atoms with Gasteiger partial charge in [0.05, 0.1) is 18.8 Å². The number of nitrogens with one attached hydrogen (secondary N) is 1. The maximum Gasteiger partial charge on any atom is 0.119 e. The van der Waals surface area contributed by atoms with Gasteiger partial charge in [0.2, 0.25) is 0 Å². The number of aryl methyl sites for hydroxylation is 1. The maximum atomic E-state index is 5.41. The second-order valence-corrected chi connectivity index (χ2v) is 4.38. The van der Waals surface area contributed by atoms with Crippen LogP contribution in [-0.2, 0) is 13.1 Å². The lowest BCUT2D eigenvalue weighted by Gasteiger charge is -2.06. The van der Waals surface area contributed by atoms with E-state index >= 15 is 0 Å². The first kappa shape index (κ1) is 13.5. The van der Waals surface area contributed by atoms with Crippen LogP contribution >= 0.6 is 0 Å². The van der Waals surface area contributed by atoms with E-state index < -0.39 is 0 Å². The summed E-state index contributed by atoms with van der Waals surface area (Å²) in [7, 11) is 0. The highest BCUT2D eigenvalue weighted by Crippen LogP contribution is 2.16. The lowest BCUT2D eigenvalue weighted by Crippen LogP contribution is -2.03. The average Bonchev–Trinajstić information content (AvgIpc) is 2.87. The number of ether oxygens (including phenoxy) is 1. The third-order valence-electron chi connectivity index (χ3n) is 2.79. The Hall–Kier alpha value is -1.97. The van der Waals surface area contributed by atoms with Gasteiger partial charge in [-0.25, -0.2) is 0 Å². The third kappa shape index (κ3) is 4.02. The van der Waals surface area contributed by atoms with Crippen molar-refractivity contribution in [3.05, 3.63) is 42.2 Å². The molecule has 0 aliphatic carbocycles. The van der Waals surface area contributed by atoms with Gasteiger partial charge < -0.3 is 10.1 Å². The number of hydrogen-bond donors (Lipinski definition) is 1. The topological polar surface area (TPSA) is 39.1 Å². The average molecular weight is 259 g/mol. The van der Waals surface area contributed by atoms with Crippen molar-refractivity contribution >= 4 is 5.69 Å². The zero-order valence-electron chi connectivity index (χ0n) is 11.6. The van der Waals surface area contributed by atoms with Gasteiger partial charge >= 0.3 is 0 Å². The van der Waals surface area contributed by atoms with Crippen molar-refractivity contribution < 1.29 is 4.74 Å². The van der Waals surface area contributed by atoms with Gasteiger partial charge in [0.15, 0.2) is 0 Å². The molecule has 0 saturated heterocycles. The van der Waals surface area contributed by atoms with E-state index in [1.807, 2.05) is 42.1 Å². The number of nitrogens with zero attached hydrogens (tertiary/aromatic N) is 2. The lowest BCUT2D eigenvalue weighted by atomic mass is 10.3. The molecular weight excluding hydrogens is 238 g/mol. The van der Waals surface area contributed by atoms with E-state index in [4.69, 9.17) is 4.74 Å². The molecule has 2 aromatic rings. The first-order chi connectivity index (χ1) is 9.31. The van der Waals surface area contributed by atoms with E-state index in [1.54, 1.807) is 0 Å². The van der Waals surface area contributed by atoms with Crippen LogP contribution in [0.25, 0.3) is 0 Å². The summed E-state index contributed by atoms with van der Waals surface area (Å²) in [6.45, 7) is 6.55. The van der Waals surface area contributed by atoms with Gasteiger partial charge in [-0.1, -0.05) is 6.92 Å². The van der Waals surface area contributed by atoms with Gasteiger partial charge in [0, 0.05) is 18.4 Å². The van der Waals surface area contributed by atoms with Crippen molar-refractivity contribution in [3.8, 4) is 5.75 Å². The van der Waals surface area contributed by atoms with Gasteiger partial charge in [-0.05, 0) is 43.7 Å². The number of benzene rings is 1. The molecule has 0 bridgehead atoms. The Kier molecular flexibility index (Phi) is 4.84. The smallest absolute Gasteiger partial charge is 0.119 e. The molecule has 0 aliphatic heterocycles. The second-order valence-electron chi connectivity index (χ2n) is 4.38. The fourth-order valence-electron chi connectivity index (χ4n) is 1.88. The molecule has 0 atom stereocenters. The van der Waals surface area contributed by atoms with E-state index in [-0.39, 0.29) is 0 Å². The molecule has 0 spiro atoms. The van der Waals surface area contributed by atoms with Crippen LogP contribution < -0.4 is 10.1 Å². The summed E-state index contributed by atoms with van der Waals surface area (Å²) < 4.78 is 7.39. The largest absolute Gasteiger partial charge is 0.494 e. The lowest BCUT2D eigenvalue weighted by molar-refractivity contribution is 0.340. The van der Waals surface area contributed by atoms with Crippen LogP contribution in [0.4, 0.5) is 5.69 Å². The molecule has 1 N–H and O–H groups in total. The van der Waals surface area contributed by atoms with E-state index in [1.165, 1.54) is 0 Å². The Morgan fingerprint density at radius 2 is 1.95 bits per heavy atom. The number of aromatic nitrogens is 2. The molecule has 19 heavy (non-hydrogen) atoms. The van der Waals surface area contributed by atoms with Crippen molar-refractivity contribution in [1.82, 2.24) is 9.78 Å². The van der Waals surface area contributed by atoms with E-state index in [0.717, 1.165) is 36.6 Å². The van der Waals surface area contributed by atoms with Gasteiger partial charge in [0.1, 0.15) is 5.75 Å². The monoisotopic (exact) mass is 259 g/mol. The zero-order chi connectivity index (χ0) is 13.5. The van der Waals surface area contributed by atoms with E-state index in [0.29, 0.717) is 6.61 Å². The fourth-order valence-corrected chi connectivity index (χ4v) is 1.88. The van der Waals surface area contributed by atoms with Crippen molar-refractivity contribution in [1.29, 1.82) is 0 Å². The highest BCUT2D eigenvalue weighted by Gasteiger charge is 1.99. The number of hydrogen-bond acceptors (Lipinski definition) is 3. The first-order valence-electron chi connectivity index (χ1n) is 6.81. The maximum absolute atomic E-state index is 5.41. The second kappa shape index (κ2) is 6.83. The molecule has 102 valence electrons. The molecule has 4 nitrogen and oxygen atoms in total. The minimum absolute atomic E-state index is 0.696. The molecule has 1 aromatic carbocycles. The van der Waals surface area contributed by atoms with Gasteiger partial charge in [-0.3, -0.25) is 4.68 Å². The Morgan fingerprint density at radius 1 is 1.16 bits per heavy atom. The van der Waals surface area contributed by atoms with E-state index in [9.17, 15) is 0 Å². The summed E-state index contributed by atoms with van der Waals surface area (Å²) in [5.41, 5.74) is 2.14. The predicted molar refractivity (Wildman–Crippen MR) is 77.5 cm³/mol. The van der Waals surface area contributed by atoms with Gasteiger partial charge in [-0.2, -0.15) is 5.10 Å². The number of anilines is 1. The molecule has 2 rings (SSSR count). The Morgan fingerprint density at radius 3 is 2.63 bits per heavy atom. The van der Waals surface area contributed by atoms with Gasteiger partial charge in [-0.15, -0.1) is 0 Å². The Labute approximate surface area is 114 Å². The predicted octanol–water partition coefficient (Wildman–Crippen LogP) is 3.30. The zero-order valence-corrected chi connectivity index (χ0v) is 11.6. The molecule has 1 aromatic heterocycles. The molecule has 0 fully saturated rings. The Balaban J connectivity index is 1.86. The minimum atomic E-state index is 0.696. The first-order valence-corrected chi connectivity index (χ1v) is 6.81. The third-order valence-corrected chi connectivity index (χ3v) is 2.79. The molecule has 1 heterocycles. The normalized spacial score (nSPS) is 10.4. The highest BCUT2D eigenvalue weighted by molar-refractivity contribution is 5.46. The molecule has 0 radical (unpaired) electrons. The SMILES string of the molecule is CCCn1ccc(CNc2ccc(OCC)cc2)n1. The molecule has 4 heteroatoms. The van der Waals surface area contributed by atoms with Crippen LogP contribution in [0.15, 0.2) is 36.5 Å². The minimum Gasteiger partial charge on any atom is -0.494 e. The summed E-state index contributed by atoms with van der Waals surface area (Å²) >= 11 is 0. The Bertz CT molecular complexity index is 490.